The molecular formula is C109H116N6O27S. The number of aromatic hydroxyl groups is 1. The zero-order chi connectivity index (χ0) is 103. The second kappa shape index (κ2) is 53.9. The number of nitro groups is 3. The molecule has 13 rings (SSSR count). The number of phenolic OH excluding ortho intramolecular Hbond substituents is 1. The number of fused-ring (bicyclic) bond motifs is 3. The van der Waals surface area contributed by atoms with Crippen LogP contribution >= 0.6 is 0 Å². The van der Waals surface area contributed by atoms with Gasteiger partial charge in [0.1, 0.15) is 67.1 Å². The van der Waals surface area contributed by atoms with E-state index in [1.807, 2.05) is 128 Å². The number of nitro benzene ring substituents is 3. The van der Waals surface area contributed by atoms with Crippen molar-refractivity contribution in [1.29, 1.82) is 0 Å². The summed E-state index contributed by atoms with van der Waals surface area (Å²) in [5.41, 5.74) is 11.4. The van der Waals surface area contributed by atoms with E-state index in [-0.39, 0.29) is 105 Å². The fourth-order valence-electron chi connectivity index (χ4n) is 13.9. The third-order valence-electron chi connectivity index (χ3n) is 20.5. The number of rotatable bonds is 43. The monoisotopic (exact) mass is 1970 g/mol. The molecule has 3 heterocycles. The number of carbonyl (C=O) groups is 6. The number of ether oxygens (including phenoxy) is 11. The van der Waals surface area contributed by atoms with Crippen LogP contribution in [-0.2, 0) is 105 Å². The van der Waals surface area contributed by atoms with E-state index in [2.05, 4.69) is 0 Å². The van der Waals surface area contributed by atoms with E-state index in [9.17, 15) is 72.6 Å². The largest absolute Gasteiger partial charge is 0.508 e. The van der Waals surface area contributed by atoms with Crippen molar-refractivity contribution >= 4 is 115 Å². The zero-order valence-electron chi connectivity index (χ0n) is 81.2. The van der Waals surface area contributed by atoms with Gasteiger partial charge >= 0.3 is 17.9 Å². The Morgan fingerprint density at radius 3 is 0.916 bits per heavy atom. The Balaban J connectivity index is 0.000000201. The predicted octanol–water partition coefficient (Wildman–Crippen LogP) is 19.0. The van der Waals surface area contributed by atoms with Crippen LogP contribution in [0.15, 0.2) is 284 Å². The van der Waals surface area contributed by atoms with Crippen LogP contribution in [-0.4, -0.2) is 180 Å². The van der Waals surface area contributed by atoms with Crippen molar-refractivity contribution in [2.24, 2.45) is 0 Å². The van der Waals surface area contributed by atoms with Crippen molar-refractivity contribution in [3.8, 4) is 17.2 Å². The minimum absolute atomic E-state index is 0.0282. The lowest BCUT2D eigenvalue weighted by Crippen LogP contribution is -2.27. The second-order valence-corrected chi connectivity index (χ2v) is 36.7. The molecule has 0 unspecified atom stereocenters. The lowest BCUT2D eigenvalue weighted by atomic mass is 10.1. The number of esters is 3. The van der Waals surface area contributed by atoms with Crippen molar-refractivity contribution < 1.29 is 113 Å². The SMILES string of the molecule is CC(C)(C)OC(=O)COCCOCCOc1ccc(CN2C(=O)C(=CC=Cc3ccc([N+](=O)[O-])cc3)c3ccccc32)cc1.CC(C)(C)OC(=O)COCCOCCOc1ccc(CN2C(=O)C(=CC=Cc3ccc([N+](=O)[O-])cc3)c3ccccc32)cc1.Cc1ccc(S(=O)(=O)OCCOCCOCC(=O)OC(C)(C)C)cc1.O=C1C(=CC=Cc2ccc([N+](=O)[O-])cc2)c2ccccc2N1Cc1ccc(O)cc1. The molecule has 0 atom stereocenters. The van der Waals surface area contributed by atoms with Gasteiger partial charge in [0.25, 0.3) is 44.9 Å². The van der Waals surface area contributed by atoms with Crippen LogP contribution in [0.4, 0.5) is 34.1 Å². The molecule has 34 heteroatoms. The summed E-state index contributed by atoms with van der Waals surface area (Å²) in [6.07, 6.45) is 16.1. The van der Waals surface area contributed by atoms with Gasteiger partial charge in [0.2, 0.25) is 0 Å². The topological polar surface area (TPSA) is 407 Å². The number of carbonyl (C=O) groups excluding carboxylic acids is 6. The highest BCUT2D eigenvalue weighted by Gasteiger charge is 2.35. The number of para-hydroxylation sites is 3. The Hall–Kier alpha value is -15.3. The molecule has 33 nitrogen and oxygen atoms in total. The van der Waals surface area contributed by atoms with E-state index in [1.165, 1.54) is 48.5 Å². The number of hydrogen-bond donors (Lipinski definition) is 1. The summed E-state index contributed by atoms with van der Waals surface area (Å²) in [5.74, 6) is -0.0185. The van der Waals surface area contributed by atoms with Gasteiger partial charge in [0, 0.05) is 69.8 Å². The Morgan fingerprint density at radius 2 is 0.622 bits per heavy atom. The first-order chi connectivity index (χ1) is 68.3. The average Bonchev–Trinajstić information content (AvgIpc) is 1.63. The molecule has 143 heavy (non-hydrogen) atoms. The summed E-state index contributed by atoms with van der Waals surface area (Å²) in [6.45, 7) is 21.9. The third kappa shape index (κ3) is 36.4. The molecule has 0 aliphatic carbocycles. The highest BCUT2D eigenvalue weighted by Crippen LogP contribution is 2.41. The molecule has 3 aliphatic rings. The van der Waals surface area contributed by atoms with Gasteiger partial charge in [-0.05, 0) is 224 Å². The van der Waals surface area contributed by atoms with Gasteiger partial charge < -0.3 is 71.9 Å². The highest BCUT2D eigenvalue weighted by molar-refractivity contribution is 7.86. The van der Waals surface area contributed by atoms with Gasteiger partial charge in [-0.15, -0.1) is 0 Å². The molecule has 1 N–H and O–H groups in total. The van der Waals surface area contributed by atoms with Crippen molar-refractivity contribution in [2.45, 2.75) is 111 Å². The molecule has 0 spiro atoms. The van der Waals surface area contributed by atoms with Crippen molar-refractivity contribution in [3.05, 3.63) is 365 Å². The van der Waals surface area contributed by atoms with Crippen LogP contribution in [0, 0.1) is 37.3 Å². The summed E-state index contributed by atoms with van der Waals surface area (Å²) in [7, 11) is -3.78. The first kappa shape index (κ1) is 110. The highest BCUT2D eigenvalue weighted by atomic mass is 32.2. The Labute approximate surface area is 830 Å². The Morgan fingerprint density at radius 1 is 0.350 bits per heavy atom. The third-order valence-corrected chi connectivity index (χ3v) is 21.8. The van der Waals surface area contributed by atoms with E-state index < -0.39 is 59.6 Å². The number of allylic oxidation sites excluding steroid dienone is 6. The maximum Gasteiger partial charge on any atom is 0.332 e. The summed E-state index contributed by atoms with van der Waals surface area (Å²) in [5, 5.41) is 42.0. The molecule has 0 saturated heterocycles. The predicted molar refractivity (Wildman–Crippen MR) is 542 cm³/mol. The van der Waals surface area contributed by atoms with Gasteiger partial charge in [0.05, 0.1) is 122 Å². The number of benzene rings is 10. The molecule has 0 bridgehead atoms. The van der Waals surface area contributed by atoms with Crippen LogP contribution in [0.2, 0.25) is 0 Å². The van der Waals surface area contributed by atoms with Crippen LogP contribution in [0.1, 0.15) is 118 Å². The van der Waals surface area contributed by atoms with E-state index in [4.69, 9.17) is 56.3 Å². The van der Waals surface area contributed by atoms with E-state index in [0.29, 0.717) is 87.5 Å². The Kier molecular flexibility index (Phi) is 41.4. The molecule has 0 aromatic heterocycles. The minimum atomic E-state index is -3.78. The summed E-state index contributed by atoms with van der Waals surface area (Å²) >= 11 is 0. The lowest BCUT2D eigenvalue weighted by molar-refractivity contribution is -0.385. The molecule has 750 valence electrons. The molecule has 3 amide bonds. The molecule has 10 aromatic carbocycles. The number of non-ortho nitro benzene ring substituents is 3. The fraction of sp³-hybridized carbons (Fsp3) is 0.284. The summed E-state index contributed by atoms with van der Waals surface area (Å²) in [4.78, 5) is 111. The molecule has 0 saturated carbocycles. The minimum Gasteiger partial charge on any atom is -0.508 e. The van der Waals surface area contributed by atoms with E-state index in [0.717, 1.165) is 72.7 Å². The van der Waals surface area contributed by atoms with Crippen LogP contribution < -0.4 is 24.2 Å². The van der Waals surface area contributed by atoms with Gasteiger partial charge in [-0.25, -0.2) is 14.4 Å². The number of hydrogen-bond acceptors (Lipinski definition) is 27. The second-order valence-electron chi connectivity index (χ2n) is 35.1. The van der Waals surface area contributed by atoms with Crippen LogP contribution in [0.5, 0.6) is 17.2 Å². The van der Waals surface area contributed by atoms with E-state index in [1.54, 1.807) is 204 Å². The maximum atomic E-state index is 13.4. The Bertz CT molecular complexity index is 6070. The van der Waals surface area contributed by atoms with Gasteiger partial charge in [-0.2, -0.15) is 8.42 Å². The number of anilines is 3. The quantitative estimate of drug-likeness (QED) is 0.00705. The molecule has 0 radical (unpaired) electrons. The number of nitrogens with zero attached hydrogens (tertiary/aromatic N) is 6. The first-order valence-electron chi connectivity index (χ1n) is 45.8. The molecule has 10 aromatic rings. The first-order valence-corrected chi connectivity index (χ1v) is 47.2. The summed E-state index contributed by atoms with van der Waals surface area (Å²) < 4.78 is 87.5. The smallest absolute Gasteiger partial charge is 0.332 e. The normalized spacial score (nSPS) is 13.7. The van der Waals surface area contributed by atoms with Crippen LogP contribution in [0.25, 0.3) is 34.9 Å². The van der Waals surface area contributed by atoms with Gasteiger partial charge in [0.15, 0.2) is 0 Å². The van der Waals surface area contributed by atoms with Crippen molar-refractivity contribution in [3.63, 3.8) is 0 Å². The molecular weight excluding hydrogens is 1860 g/mol. The molecule has 3 aliphatic heterocycles. The number of phenols is 1. The standard InChI is InChI=1S/2C34H36N2O8.C24H18N2O4.C17H26O7S/c2*1-34(2,3)44-32(37)24-42-20-19-41-21-22-43-28-17-13-26(14-18-28)23-35-31-10-5-4-8-29(31)30(33(35)38)9-6-7-25-11-15-27(16-12-25)36(39)40;27-20-14-10-18(11-15-20)16-25-23-7-2-1-5-21(23)22(24(25)28)6-3-4-17-8-12-19(13-9-17)26(29)30;1-14-5-7-15(8-6-14)25(19,20)23-12-11-21-9-10-22-13-16(18)24-17(2,3)4/h2*4-18H,19-24H2,1-3H3;1-15,27H,16H2;5-8H,9-13H2,1-4H3. The van der Waals surface area contributed by atoms with Gasteiger partial charge in [-0.1, -0.05) is 145 Å². The van der Waals surface area contributed by atoms with Crippen molar-refractivity contribution in [1.82, 2.24) is 0 Å². The fourth-order valence-corrected chi connectivity index (χ4v) is 14.8. The lowest BCUT2D eigenvalue weighted by Gasteiger charge is -2.19. The van der Waals surface area contributed by atoms with Crippen LogP contribution in [0.3, 0.4) is 0 Å². The maximum absolute atomic E-state index is 13.4. The van der Waals surface area contributed by atoms with E-state index >= 15 is 0 Å². The number of aryl methyl sites for hydroxylation is 1. The average molecular weight is 1970 g/mol. The molecule has 0 fully saturated rings. The van der Waals surface area contributed by atoms with Gasteiger partial charge in [-0.3, -0.25) is 48.9 Å². The number of amides is 3. The zero-order valence-corrected chi connectivity index (χ0v) is 82.0. The summed E-state index contributed by atoms with van der Waals surface area (Å²) in [6, 6.07) is 69.9. The van der Waals surface area contributed by atoms with Crippen molar-refractivity contribution in [2.75, 3.05) is 114 Å².